The summed E-state index contributed by atoms with van der Waals surface area (Å²) >= 11 is 0. The predicted octanol–water partition coefficient (Wildman–Crippen LogP) is 1.50. The van der Waals surface area contributed by atoms with E-state index >= 15 is 0 Å². The molecule has 0 bridgehead atoms. The second kappa shape index (κ2) is 7.39. The number of hydrogen-bond donors (Lipinski definition) is 2. The average Bonchev–Trinajstić information content (AvgIpc) is 3.35. The summed E-state index contributed by atoms with van der Waals surface area (Å²) in [4.78, 5) is 16.8. The second-order valence-electron chi connectivity index (χ2n) is 6.78. The Morgan fingerprint density at radius 2 is 1.92 bits per heavy atom. The summed E-state index contributed by atoms with van der Waals surface area (Å²) in [6.45, 7) is 5.38. The Bertz CT molecular complexity index is 681. The fraction of sp³-hybridized carbons (Fsp3) is 0.421. The molecule has 2 saturated heterocycles. The number of rotatable bonds is 4. The lowest BCUT2D eigenvalue weighted by atomic mass is 9.94. The van der Waals surface area contributed by atoms with Crippen LogP contribution in [0.1, 0.15) is 22.0 Å². The first-order valence-electron chi connectivity index (χ1n) is 8.88. The van der Waals surface area contributed by atoms with Gasteiger partial charge in [-0.05, 0) is 11.6 Å². The third kappa shape index (κ3) is 3.61. The quantitative estimate of drug-likeness (QED) is 0.883. The molecule has 132 valence electrons. The van der Waals surface area contributed by atoms with Crippen molar-refractivity contribution in [3.63, 3.8) is 0 Å². The number of furan rings is 1. The number of hydrogen-bond acceptors (Lipinski definition) is 5. The summed E-state index contributed by atoms with van der Waals surface area (Å²) in [7, 11) is 0. The van der Waals surface area contributed by atoms with Crippen LogP contribution in [0.3, 0.4) is 0 Å². The molecule has 2 fully saturated rings. The minimum Gasteiger partial charge on any atom is -0.472 e. The minimum atomic E-state index is 0.0692. The van der Waals surface area contributed by atoms with Gasteiger partial charge in [-0.3, -0.25) is 15.1 Å². The van der Waals surface area contributed by atoms with Gasteiger partial charge >= 0.3 is 0 Å². The van der Waals surface area contributed by atoms with E-state index in [-0.39, 0.29) is 5.91 Å². The van der Waals surface area contributed by atoms with Gasteiger partial charge in [0.15, 0.2) is 0 Å². The van der Waals surface area contributed by atoms with Gasteiger partial charge in [-0.2, -0.15) is 0 Å². The molecule has 1 aromatic carbocycles. The van der Waals surface area contributed by atoms with Gasteiger partial charge in [0.05, 0.1) is 17.9 Å². The Morgan fingerprint density at radius 3 is 2.64 bits per heavy atom. The molecule has 1 aromatic heterocycles. The van der Waals surface area contributed by atoms with Crippen LogP contribution in [0.4, 0.5) is 0 Å². The highest BCUT2D eigenvalue weighted by Crippen LogP contribution is 2.25. The Morgan fingerprint density at radius 1 is 1.12 bits per heavy atom. The lowest BCUT2D eigenvalue weighted by molar-refractivity contribution is 0.0615. The van der Waals surface area contributed by atoms with Gasteiger partial charge in [-0.1, -0.05) is 30.3 Å². The molecule has 0 radical (unpaired) electrons. The van der Waals surface area contributed by atoms with Gasteiger partial charge in [0.25, 0.3) is 5.91 Å². The molecular formula is C19H24N4O2. The van der Waals surface area contributed by atoms with Crippen molar-refractivity contribution in [1.82, 2.24) is 20.7 Å². The first kappa shape index (κ1) is 16.3. The molecule has 25 heavy (non-hydrogen) atoms. The first-order chi connectivity index (χ1) is 12.3. The van der Waals surface area contributed by atoms with E-state index in [1.54, 1.807) is 12.3 Å². The molecule has 1 amide bonds. The van der Waals surface area contributed by atoms with Crippen molar-refractivity contribution in [3.8, 4) is 0 Å². The predicted molar refractivity (Wildman–Crippen MR) is 94.9 cm³/mol. The lowest BCUT2D eigenvalue weighted by Gasteiger charge is -2.36. The smallest absolute Gasteiger partial charge is 0.257 e. The van der Waals surface area contributed by atoms with Crippen molar-refractivity contribution in [2.75, 3.05) is 39.3 Å². The van der Waals surface area contributed by atoms with Crippen LogP contribution in [0.2, 0.25) is 0 Å². The maximum absolute atomic E-state index is 12.4. The van der Waals surface area contributed by atoms with Crippen LogP contribution in [0.5, 0.6) is 0 Å². The summed E-state index contributed by atoms with van der Waals surface area (Å²) in [6.07, 6.45) is 3.07. The summed E-state index contributed by atoms with van der Waals surface area (Å²) < 4.78 is 5.02. The van der Waals surface area contributed by atoms with E-state index in [1.165, 1.54) is 11.8 Å². The van der Waals surface area contributed by atoms with Gasteiger partial charge in [0, 0.05) is 45.2 Å². The molecule has 3 heterocycles. The standard InChI is InChI=1S/C19H24N4O2/c24-19(16-6-11-25-14-16)23-9-7-22(8-10-23)13-17-12-20-21-18(17)15-4-2-1-3-5-15/h1-6,11,14,17-18,20-21H,7-10,12-13H2. The molecule has 0 aliphatic carbocycles. The number of carbonyl (C=O) groups is 1. The number of piperazine rings is 1. The molecule has 6 nitrogen and oxygen atoms in total. The van der Waals surface area contributed by atoms with Gasteiger partial charge < -0.3 is 9.32 Å². The number of carbonyl (C=O) groups excluding carboxylic acids is 1. The zero-order chi connectivity index (χ0) is 17.1. The van der Waals surface area contributed by atoms with Crippen LogP contribution in [-0.2, 0) is 0 Å². The number of nitrogens with zero attached hydrogens (tertiary/aromatic N) is 2. The molecule has 2 aliphatic heterocycles. The van der Waals surface area contributed by atoms with E-state index in [0.717, 1.165) is 39.3 Å². The van der Waals surface area contributed by atoms with Crippen molar-refractivity contribution >= 4 is 5.91 Å². The Balaban J connectivity index is 1.32. The van der Waals surface area contributed by atoms with Crippen LogP contribution in [-0.4, -0.2) is 55.0 Å². The fourth-order valence-corrected chi connectivity index (χ4v) is 3.76. The van der Waals surface area contributed by atoms with Gasteiger partial charge in [-0.15, -0.1) is 0 Å². The van der Waals surface area contributed by atoms with Crippen LogP contribution in [0.15, 0.2) is 53.3 Å². The number of benzene rings is 1. The summed E-state index contributed by atoms with van der Waals surface area (Å²) in [5.74, 6) is 0.596. The normalized spacial score (nSPS) is 24.6. The minimum absolute atomic E-state index is 0.0692. The van der Waals surface area contributed by atoms with Crippen molar-refractivity contribution in [2.24, 2.45) is 5.92 Å². The zero-order valence-corrected chi connectivity index (χ0v) is 14.2. The topological polar surface area (TPSA) is 60.8 Å². The summed E-state index contributed by atoms with van der Waals surface area (Å²) in [5, 5.41) is 0. The highest BCUT2D eigenvalue weighted by atomic mass is 16.3. The third-order valence-corrected chi connectivity index (χ3v) is 5.17. The monoisotopic (exact) mass is 340 g/mol. The molecule has 6 heteroatoms. The summed E-state index contributed by atoms with van der Waals surface area (Å²) in [5.41, 5.74) is 8.68. The van der Waals surface area contributed by atoms with Crippen molar-refractivity contribution < 1.29 is 9.21 Å². The highest BCUT2D eigenvalue weighted by Gasteiger charge is 2.31. The first-order valence-corrected chi connectivity index (χ1v) is 8.88. The molecule has 2 unspecified atom stereocenters. The van der Waals surface area contributed by atoms with E-state index in [9.17, 15) is 4.79 Å². The second-order valence-corrected chi connectivity index (χ2v) is 6.78. The van der Waals surface area contributed by atoms with Crippen LogP contribution >= 0.6 is 0 Å². The summed E-state index contributed by atoms with van der Waals surface area (Å²) in [6, 6.07) is 12.7. The van der Waals surface area contributed by atoms with Crippen molar-refractivity contribution in [2.45, 2.75) is 6.04 Å². The lowest BCUT2D eigenvalue weighted by Crippen LogP contribution is -2.50. The van der Waals surface area contributed by atoms with E-state index in [2.05, 4.69) is 46.1 Å². The van der Waals surface area contributed by atoms with E-state index in [1.807, 2.05) is 4.90 Å². The number of nitrogens with one attached hydrogen (secondary N) is 2. The Kier molecular flexibility index (Phi) is 4.83. The fourth-order valence-electron chi connectivity index (χ4n) is 3.76. The maximum atomic E-state index is 12.4. The zero-order valence-electron chi connectivity index (χ0n) is 14.2. The number of amides is 1. The molecule has 0 spiro atoms. The third-order valence-electron chi connectivity index (χ3n) is 5.17. The molecular weight excluding hydrogens is 316 g/mol. The van der Waals surface area contributed by atoms with E-state index in [0.29, 0.717) is 17.5 Å². The molecule has 2 atom stereocenters. The SMILES string of the molecule is O=C(c1ccoc1)N1CCN(CC2CNNC2c2ccccc2)CC1. The molecule has 0 saturated carbocycles. The van der Waals surface area contributed by atoms with Gasteiger partial charge in [0.1, 0.15) is 6.26 Å². The average molecular weight is 340 g/mol. The molecule has 2 aliphatic rings. The largest absolute Gasteiger partial charge is 0.472 e. The highest BCUT2D eigenvalue weighted by molar-refractivity contribution is 5.93. The Hall–Kier alpha value is -2.15. The van der Waals surface area contributed by atoms with E-state index in [4.69, 9.17) is 4.42 Å². The molecule has 4 rings (SSSR count). The van der Waals surface area contributed by atoms with Gasteiger partial charge in [-0.25, -0.2) is 5.43 Å². The number of hydrazine groups is 1. The van der Waals surface area contributed by atoms with Crippen molar-refractivity contribution in [1.29, 1.82) is 0 Å². The Labute approximate surface area is 147 Å². The van der Waals surface area contributed by atoms with Crippen LogP contribution in [0.25, 0.3) is 0 Å². The van der Waals surface area contributed by atoms with Crippen LogP contribution in [0, 0.1) is 5.92 Å². The maximum Gasteiger partial charge on any atom is 0.257 e. The molecule has 2 N–H and O–H groups in total. The van der Waals surface area contributed by atoms with Crippen molar-refractivity contribution in [3.05, 3.63) is 60.1 Å². The molecule has 2 aromatic rings. The van der Waals surface area contributed by atoms with Crippen LogP contribution < -0.4 is 10.9 Å². The van der Waals surface area contributed by atoms with Gasteiger partial charge in [0.2, 0.25) is 0 Å². The van der Waals surface area contributed by atoms with E-state index < -0.39 is 0 Å².